The molecule has 6 heteroatoms. The Kier molecular flexibility index (Phi) is 5.51. The summed E-state index contributed by atoms with van der Waals surface area (Å²) in [6.07, 6.45) is 3.04. The summed E-state index contributed by atoms with van der Waals surface area (Å²) >= 11 is 0. The average molecular weight is 281 g/mol. The zero-order chi connectivity index (χ0) is 14.5. The molecule has 1 aromatic heterocycles. The first-order chi connectivity index (χ1) is 9.60. The van der Waals surface area contributed by atoms with E-state index in [1.54, 1.807) is 0 Å². The second-order valence-corrected chi connectivity index (χ2v) is 5.89. The summed E-state index contributed by atoms with van der Waals surface area (Å²) in [7, 11) is 6.27. The normalized spacial score (nSPS) is 23.7. The number of likely N-dealkylation sites (N-methyl/N-ethyl adjacent to an activating group) is 2. The van der Waals surface area contributed by atoms with Crippen LogP contribution in [-0.4, -0.2) is 66.8 Å². The van der Waals surface area contributed by atoms with Gasteiger partial charge in [-0.05, 0) is 54.0 Å². The van der Waals surface area contributed by atoms with Crippen molar-refractivity contribution in [3.8, 4) is 0 Å². The average Bonchev–Trinajstić information content (AvgIpc) is 2.83. The monoisotopic (exact) mass is 281 g/mol. The van der Waals surface area contributed by atoms with Crippen LogP contribution in [0.2, 0.25) is 0 Å². The van der Waals surface area contributed by atoms with Crippen molar-refractivity contribution in [2.24, 2.45) is 0 Å². The summed E-state index contributed by atoms with van der Waals surface area (Å²) in [5.41, 5.74) is 0. The minimum atomic E-state index is 0.238. The van der Waals surface area contributed by atoms with Crippen molar-refractivity contribution in [1.82, 2.24) is 25.3 Å². The first-order valence-electron chi connectivity index (χ1n) is 7.48. The molecule has 0 amide bonds. The van der Waals surface area contributed by atoms with Gasteiger partial charge in [-0.1, -0.05) is 5.16 Å². The predicted molar refractivity (Wildman–Crippen MR) is 78.6 cm³/mol. The van der Waals surface area contributed by atoms with Gasteiger partial charge in [0.2, 0.25) is 5.89 Å². The van der Waals surface area contributed by atoms with Crippen molar-refractivity contribution in [1.29, 1.82) is 0 Å². The lowest BCUT2D eigenvalue weighted by Crippen LogP contribution is -2.31. The van der Waals surface area contributed by atoms with E-state index in [4.69, 9.17) is 4.52 Å². The van der Waals surface area contributed by atoms with Gasteiger partial charge in [-0.3, -0.25) is 4.90 Å². The van der Waals surface area contributed by atoms with Crippen molar-refractivity contribution >= 4 is 0 Å². The highest BCUT2D eigenvalue weighted by Gasteiger charge is 2.26. The summed E-state index contributed by atoms with van der Waals surface area (Å²) in [5.74, 6) is 1.58. The zero-order valence-electron chi connectivity index (χ0n) is 13.1. The molecule has 0 radical (unpaired) electrons. The van der Waals surface area contributed by atoms with Gasteiger partial charge in [0.1, 0.15) is 0 Å². The molecule has 0 aliphatic carbocycles. The first-order valence-corrected chi connectivity index (χ1v) is 7.48. The van der Waals surface area contributed by atoms with Crippen molar-refractivity contribution in [2.75, 3.05) is 40.8 Å². The van der Waals surface area contributed by atoms with Crippen LogP contribution in [0.15, 0.2) is 4.52 Å². The van der Waals surface area contributed by atoms with Crippen LogP contribution in [0, 0.1) is 0 Å². The third-order valence-electron chi connectivity index (χ3n) is 4.13. The molecule has 2 heterocycles. The van der Waals surface area contributed by atoms with E-state index in [1.165, 1.54) is 6.42 Å². The van der Waals surface area contributed by atoms with Crippen molar-refractivity contribution in [3.63, 3.8) is 0 Å². The van der Waals surface area contributed by atoms with Crippen molar-refractivity contribution in [2.45, 2.75) is 38.3 Å². The summed E-state index contributed by atoms with van der Waals surface area (Å²) in [6, 6.07) is 0.707. The molecule has 1 aromatic rings. The van der Waals surface area contributed by atoms with Gasteiger partial charge in [-0.25, -0.2) is 0 Å². The third kappa shape index (κ3) is 4.01. The molecule has 1 saturated heterocycles. The highest BCUT2D eigenvalue weighted by Crippen LogP contribution is 2.21. The first kappa shape index (κ1) is 15.4. The number of aromatic nitrogens is 2. The van der Waals surface area contributed by atoms with Crippen LogP contribution in [-0.2, 0) is 6.42 Å². The van der Waals surface area contributed by atoms with Crippen molar-refractivity contribution in [3.05, 3.63) is 11.7 Å². The Balaban J connectivity index is 1.99. The molecule has 1 aliphatic rings. The minimum absolute atomic E-state index is 0.238. The fourth-order valence-electron chi connectivity index (χ4n) is 2.54. The Hall–Kier alpha value is -0.980. The quantitative estimate of drug-likeness (QED) is 0.866. The Morgan fingerprint density at radius 2 is 2.20 bits per heavy atom. The van der Waals surface area contributed by atoms with Gasteiger partial charge in [-0.15, -0.1) is 0 Å². The summed E-state index contributed by atoms with van der Waals surface area (Å²) in [6.45, 7) is 5.33. The molecule has 1 aliphatic heterocycles. The maximum Gasteiger partial charge on any atom is 0.226 e. The maximum atomic E-state index is 5.40. The number of rotatable bonds is 5. The van der Waals surface area contributed by atoms with Gasteiger partial charge in [0.25, 0.3) is 0 Å². The predicted octanol–water partition coefficient (Wildman–Crippen LogP) is 0.919. The highest BCUT2D eigenvalue weighted by molar-refractivity contribution is 4.97. The third-order valence-corrected chi connectivity index (χ3v) is 4.13. The van der Waals surface area contributed by atoms with Crippen LogP contribution < -0.4 is 5.32 Å². The van der Waals surface area contributed by atoms with Crippen LogP contribution in [0.4, 0.5) is 0 Å². The number of aryl methyl sites for hydroxylation is 1. The molecule has 2 unspecified atom stereocenters. The second-order valence-electron chi connectivity index (χ2n) is 5.89. The SMILES string of the molecule is CNC(C)CCc1nc(C2CN(C)CCCN2C)no1. The Labute approximate surface area is 121 Å². The fraction of sp³-hybridized carbons (Fsp3) is 0.857. The highest BCUT2D eigenvalue weighted by atomic mass is 16.5. The second kappa shape index (κ2) is 7.15. The topological polar surface area (TPSA) is 57.4 Å². The van der Waals surface area contributed by atoms with E-state index in [9.17, 15) is 0 Å². The van der Waals surface area contributed by atoms with Crippen LogP contribution >= 0.6 is 0 Å². The molecule has 6 nitrogen and oxygen atoms in total. The lowest BCUT2D eigenvalue weighted by molar-refractivity contribution is 0.214. The molecule has 0 spiro atoms. The van der Waals surface area contributed by atoms with E-state index < -0.39 is 0 Å². The van der Waals surface area contributed by atoms with Crippen LogP contribution in [0.3, 0.4) is 0 Å². The molecule has 0 saturated carbocycles. The summed E-state index contributed by atoms with van der Waals surface area (Å²) < 4.78 is 5.40. The van der Waals surface area contributed by atoms with E-state index in [1.807, 2.05) is 7.05 Å². The van der Waals surface area contributed by atoms with Gasteiger partial charge < -0.3 is 14.7 Å². The molecule has 0 bridgehead atoms. The van der Waals surface area contributed by atoms with Crippen molar-refractivity contribution < 1.29 is 4.52 Å². The van der Waals surface area contributed by atoms with Gasteiger partial charge in [0.05, 0.1) is 6.04 Å². The number of nitrogens with one attached hydrogen (secondary N) is 1. The lowest BCUT2D eigenvalue weighted by Gasteiger charge is -2.24. The van der Waals surface area contributed by atoms with E-state index in [2.05, 4.69) is 46.3 Å². The molecular weight excluding hydrogens is 254 g/mol. The lowest BCUT2D eigenvalue weighted by atomic mass is 10.2. The molecule has 2 rings (SSSR count). The largest absolute Gasteiger partial charge is 0.339 e. The van der Waals surface area contributed by atoms with Gasteiger partial charge in [0, 0.05) is 19.0 Å². The van der Waals surface area contributed by atoms with Gasteiger partial charge in [0.15, 0.2) is 5.82 Å². The van der Waals surface area contributed by atoms with Gasteiger partial charge in [-0.2, -0.15) is 4.98 Å². The number of hydrogen-bond donors (Lipinski definition) is 1. The van der Waals surface area contributed by atoms with E-state index in [-0.39, 0.29) is 6.04 Å². The molecule has 1 N–H and O–H groups in total. The van der Waals surface area contributed by atoms with E-state index >= 15 is 0 Å². The molecule has 0 aromatic carbocycles. The Morgan fingerprint density at radius 3 is 2.95 bits per heavy atom. The summed E-state index contributed by atoms with van der Waals surface area (Å²) in [5, 5.41) is 7.42. The van der Waals surface area contributed by atoms with Crippen LogP contribution in [0.5, 0.6) is 0 Å². The summed E-state index contributed by atoms with van der Waals surface area (Å²) in [4.78, 5) is 9.26. The smallest absolute Gasteiger partial charge is 0.226 e. The van der Waals surface area contributed by atoms with Gasteiger partial charge >= 0.3 is 0 Å². The minimum Gasteiger partial charge on any atom is -0.339 e. The zero-order valence-corrected chi connectivity index (χ0v) is 13.1. The van der Waals surface area contributed by atoms with E-state index in [0.29, 0.717) is 6.04 Å². The standard InChI is InChI=1S/C14H27N5O/c1-11(15-2)6-7-13-16-14(17-20-13)12-10-18(3)8-5-9-19(12)4/h11-12,15H,5-10H2,1-4H3. The van der Waals surface area contributed by atoms with Crippen LogP contribution in [0.25, 0.3) is 0 Å². The maximum absolute atomic E-state index is 5.40. The molecule has 114 valence electrons. The molecule has 20 heavy (non-hydrogen) atoms. The van der Waals surface area contributed by atoms with Crippen LogP contribution in [0.1, 0.15) is 37.5 Å². The Morgan fingerprint density at radius 1 is 1.40 bits per heavy atom. The fourth-order valence-corrected chi connectivity index (χ4v) is 2.54. The molecule has 1 fully saturated rings. The molecule has 2 atom stereocenters. The molecular formula is C14H27N5O. The van der Waals surface area contributed by atoms with E-state index in [0.717, 1.165) is 44.2 Å². The number of nitrogens with zero attached hydrogens (tertiary/aromatic N) is 4. The Bertz CT molecular complexity index is 408. The number of hydrogen-bond acceptors (Lipinski definition) is 6.